The van der Waals surface area contributed by atoms with E-state index in [1.165, 1.54) is 0 Å². The summed E-state index contributed by atoms with van der Waals surface area (Å²) in [5, 5.41) is 0. The van der Waals surface area contributed by atoms with Crippen molar-refractivity contribution in [2.45, 2.75) is 20.3 Å². The third kappa shape index (κ3) is 6.45. The number of hydrogen-bond donors (Lipinski definition) is 1. The summed E-state index contributed by atoms with van der Waals surface area (Å²) in [6, 6.07) is 0. The number of allylic oxidation sites excluding steroid dienone is 1. The normalized spacial score (nSPS) is 14.1. The van der Waals surface area contributed by atoms with Gasteiger partial charge in [0.15, 0.2) is 0 Å². The van der Waals surface area contributed by atoms with Gasteiger partial charge < -0.3 is 4.74 Å². The molecule has 0 saturated carbocycles. The molecule has 0 aliphatic rings. The van der Waals surface area contributed by atoms with Gasteiger partial charge in [0.25, 0.3) is 0 Å². The van der Waals surface area contributed by atoms with Crippen LogP contribution in [0.3, 0.4) is 0 Å². The van der Waals surface area contributed by atoms with Gasteiger partial charge in [-0.1, -0.05) is 25.5 Å². The van der Waals surface area contributed by atoms with Gasteiger partial charge in [-0.25, -0.2) is 0 Å². The van der Waals surface area contributed by atoms with E-state index in [2.05, 4.69) is 19.6 Å². The molecule has 0 aliphatic heterocycles. The van der Waals surface area contributed by atoms with Crippen LogP contribution < -0.4 is 0 Å². The lowest BCUT2D eigenvalue weighted by atomic mass is 10.1. The lowest BCUT2D eigenvalue weighted by Crippen LogP contribution is -2.10. The van der Waals surface area contributed by atoms with E-state index in [1.54, 1.807) is 0 Å². The summed E-state index contributed by atoms with van der Waals surface area (Å²) < 4.78 is 5.38. The summed E-state index contributed by atoms with van der Waals surface area (Å²) in [7, 11) is 0. The summed E-state index contributed by atoms with van der Waals surface area (Å²) in [4.78, 5) is 0. The average molecular weight is 174 g/mol. The van der Waals surface area contributed by atoms with Gasteiger partial charge in [-0.2, -0.15) is 12.6 Å². The van der Waals surface area contributed by atoms with Crippen LogP contribution in [0.5, 0.6) is 0 Å². The van der Waals surface area contributed by atoms with Gasteiger partial charge in [0, 0.05) is 0 Å². The lowest BCUT2D eigenvalue weighted by Gasteiger charge is -2.10. The average Bonchev–Trinajstić information content (AvgIpc) is 2.05. The molecule has 1 nitrogen and oxygen atoms in total. The Labute approximate surface area is 75.2 Å². The Bertz CT molecular complexity index is 97.7. The van der Waals surface area contributed by atoms with Crippen LogP contribution in [0, 0.1) is 5.92 Å². The second-order valence-corrected chi connectivity index (χ2v) is 2.93. The fourth-order valence-corrected chi connectivity index (χ4v) is 1.06. The molecule has 0 saturated heterocycles. The summed E-state index contributed by atoms with van der Waals surface area (Å²) in [6.07, 6.45) is 5.17. The van der Waals surface area contributed by atoms with E-state index in [0.29, 0.717) is 5.92 Å². The third-order valence-electron chi connectivity index (χ3n) is 1.64. The van der Waals surface area contributed by atoms with Crippen molar-refractivity contribution in [1.82, 2.24) is 0 Å². The summed E-state index contributed by atoms with van der Waals surface area (Å²) in [5.74, 6) is 1.54. The van der Waals surface area contributed by atoms with Crippen molar-refractivity contribution < 1.29 is 4.74 Å². The number of hydrogen-bond acceptors (Lipinski definition) is 2. The number of thiol groups is 1. The predicted octanol–water partition coefficient (Wildman–Crippen LogP) is 2.54. The second-order valence-electron chi connectivity index (χ2n) is 2.56. The van der Waals surface area contributed by atoms with E-state index >= 15 is 0 Å². The molecule has 0 spiro atoms. The van der Waals surface area contributed by atoms with Crippen LogP contribution in [0.25, 0.3) is 0 Å². The molecule has 0 rings (SSSR count). The molecule has 11 heavy (non-hydrogen) atoms. The van der Waals surface area contributed by atoms with Crippen LogP contribution in [-0.2, 0) is 4.74 Å². The number of ether oxygens (including phenoxy) is 1. The largest absolute Gasteiger partial charge is 0.377 e. The molecule has 0 fully saturated rings. The lowest BCUT2D eigenvalue weighted by molar-refractivity contribution is 0.129. The molecule has 0 amide bonds. The molecule has 1 atom stereocenters. The van der Waals surface area contributed by atoms with E-state index in [1.807, 2.05) is 19.1 Å². The van der Waals surface area contributed by atoms with E-state index in [0.717, 1.165) is 25.4 Å². The van der Waals surface area contributed by atoms with Crippen molar-refractivity contribution in [3.05, 3.63) is 12.2 Å². The van der Waals surface area contributed by atoms with E-state index in [9.17, 15) is 0 Å². The highest BCUT2D eigenvalue weighted by atomic mass is 32.1. The van der Waals surface area contributed by atoms with Crippen molar-refractivity contribution in [1.29, 1.82) is 0 Å². The van der Waals surface area contributed by atoms with Gasteiger partial charge in [-0.3, -0.25) is 0 Å². The Kier molecular flexibility index (Phi) is 8.19. The van der Waals surface area contributed by atoms with Gasteiger partial charge in [0.05, 0.1) is 13.2 Å². The molecule has 0 heterocycles. The topological polar surface area (TPSA) is 9.23 Å². The van der Waals surface area contributed by atoms with Crippen molar-refractivity contribution in [3.8, 4) is 0 Å². The van der Waals surface area contributed by atoms with Crippen LogP contribution >= 0.6 is 12.6 Å². The summed E-state index contributed by atoms with van der Waals surface area (Å²) in [6.45, 7) is 5.74. The molecular weight excluding hydrogens is 156 g/mol. The van der Waals surface area contributed by atoms with Crippen LogP contribution in [0.4, 0.5) is 0 Å². The molecule has 1 unspecified atom stereocenters. The zero-order valence-electron chi connectivity index (χ0n) is 7.42. The molecule has 0 aromatic heterocycles. The molecule has 0 N–H and O–H groups in total. The second kappa shape index (κ2) is 8.15. The van der Waals surface area contributed by atoms with Crippen LogP contribution in [0.15, 0.2) is 12.2 Å². The summed E-state index contributed by atoms with van der Waals surface area (Å²) in [5.41, 5.74) is 0. The third-order valence-corrected chi connectivity index (χ3v) is 2.16. The quantitative estimate of drug-likeness (QED) is 0.370. The van der Waals surface area contributed by atoms with E-state index < -0.39 is 0 Å². The highest BCUT2D eigenvalue weighted by Gasteiger charge is 2.01. The minimum absolute atomic E-state index is 0.614. The van der Waals surface area contributed by atoms with Gasteiger partial charge >= 0.3 is 0 Å². The molecule has 0 aromatic rings. The Morgan fingerprint density at radius 3 is 2.73 bits per heavy atom. The van der Waals surface area contributed by atoms with Gasteiger partial charge in [0.1, 0.15) is 0 Å². The maximum atomic E-state index is 5.38. The molecule has 0 aromatic carbocycles. The maximum Gasteiger partial charge on any atom is 0.0647 e. The zero-order valence-corrected chi connectivity index (χ0v) is 8.31. The Morgan fingerprint density at radius 1 is 1.55 bits per heavy atom. The highest BCUT2D eigenvalue weighted by molar-refractivity contribution is 7.80. The molecule has 2 heteroatoms. The van der Waals surface area contributed by atoms with Crippen LogP contribution in [0.1, 0.15) is 20.3 Å². The smallest absolute Gasteiger partial charge is 0.0647 e. The Hall–Kier alpha value is 0.0500. The highest BCUT2D eigenvalue weighted by Crippen LogP contribution is 2.04. The molecule has 66 valence electrons. The molecular formula is C9H18OS. The van der Waals surface area contributed by atoms with E-state index in [4.69, 9.17) is 4.74 Å². The van der Waals surface area contributed by atoms with Gasteiger partial charge in [0.2, 0.25) is 0 Å². The maximum absolute atomic E-state index is 5.38. The molecule has 0 radical (unpaired) electrons. The van der Waals surface area contributed by atoms with Crippen LogP contribution in [-0.4, -0.2) is 19.0 Å². The van der Waals surface area contributed by atoms with Crippen molar-refractivity contribution in [2.75, 3.05) is 19.0 Å². The van der Waals surface area contributed by atoms with Crippen molar-refractivity contribution in [2.24, 2.45) is 5.92 Å². The first-order chi connectivity index (χ1) is 5.35. The minimum Gasteiger partial charge on any atom is -0.377 e. The first-order valence-corrected chi connectivity index (χ1v) is 4.78. The predicted molar refractivity (Wildman–Crippen MR) is 53.3 cm³/mol. The fourth-order valence-electron chi connectivity index (χ4n) is 0.699. The van der Waals surface area contributed by atoms with Crippen LogP contribution in [0.2, 0.25) is 0 Å². The first-order valence-electron chi connectivity index (χ1n) is 4.14. The Morgan fingerprint density at radius 2 is 2.27 bits per heavy atom. The van der Waals surface area contributed by atoms with Crippen molar-refractivity contribution >= 4 is 12.6 Å². The van der Waals surface area contributed by atoms with E-state index in [-0.39, 0.29) is 0 Å². The van der Waals surface area contributed by atoms with Gasteiger partial charge in [-0.05, 0) is 18.6 Å². The fraction of sp³-hybridized carbons (Fsp3) is 0.778. The SMILES string of the molecule is CC=CCOCC(CC)CS. The summed E-state index contributed by atoms with van der Waals surface area (Å²) >= 11 is 4.22. The zero-order chi connectivity index (χ0) is 8.53. The number of rotatable bonds is 6. The molecule has 0 aliphatic carbocycles. The van der Waals surface area contributed by atoms with Gasteiger partial charge in [-0.15, -0.1) is 0 Å². The van der Waals surface area contributed by atoms with Crippen molar-refractivity contribution in [3.63, 3.8) is 0 Å². The standard InChI is InChI=1S/C9H18OS/c1-3-5-6-10-7-9(4-2)8-11/h3,5,9,11H,4,6-8H2,1-2H3. The Balaban J connectivity index is 3.21. The minimum atomic E-state index is 0.614. The molecule has 0 bridgehead atoms. The monoisotopic (exact) mass is 174 g/mol. The first kappa shape index (κ1) is 11.1.